The fourth-order valence-corrected chi connectivity index (χ4v) is 3.16. The van der Waals surface area contributed by atoms with Gasteiger partial charge in [0.05, 0.1) is 16.1 Å². The molecule has 0 unspecified atom stereocenters. The Labute approximate surface area is 157 Å². The van der Waals surface area contributed by atoms with Crippen LogP contribution in [0.15, 0.2) is 66.7 Å². The van der Waals surface area contributed by atoms with Gasteiger partial charge in [0.25, 0.3) is 0 Å². The van der Waals surface area contributed by atoms with Crippen LogP contribution in [0.2, 0.25) is 5.02 Å². The van der Waals surface area contributed by atoms with Crippen molar-refractivity contribution in [2.45, 2.75) is 6.18 Å². The molecule has 0 atom stereocenters. The minimum atomic E-state index is -4.40. The van der Waals surface area contributed by atoms with Gasteiger partial charge in [-0.15, -0.1) is 0 Å². The van der Waals surface area contributed by atoms with Crippen molar-refractivity contribution in [1.82, 2.24) is 10.2 Å². The Balaban J connectivity index is 1.75. The number of aromatic nitrogens is 2. The van der Waals surface area contributed by atoms with Gasteiger partial charge < -0.3 is 5.32 Å². The topological polar surface area (TPSA) is 40.7 Å². The second-order valence-electron chi connectivity index (χ2n) is 6.02. The molecule has 1 aromatic heterocycles. The maximum absolute atomic E-state index is 12.9. The molecule has 0 amide bonds. The first-order chi connectivity index (χ1) is 12.9. The van der Waals surface area contributed by atoms with Gasteiger partial charge in [0, 0.05) is 16.6 Å². The third-order valence-corrected chi connectivity index (χ3v) is 4.50. The SMILES string of the molecule is FC(F)(F)c1cccc(Nc2n[nH]c3cc(Cl)c(-c4ccccc4)cc23)c1. The molecule has 3 aromatic carbocycles. The van der Waals surface area contributed by atoms with E-state index in [1.807, 2.05) is 36.4 Å². The number of rotatable bonds is 3. The van der Waals surface area contributed by atoms with Gasteiger partial charge in [-0.3, -0.25) is 5.10 Å². The molecular weight excluding hydrogens is 375 g/mol. The minimum absolute atomic E-state index is 0.300. The van der Waals surface area contributed by atoms with Gasteiger partial charge in [-0.1, -0.05) is 48.0 Å². The summed E-state index contributed by atoms with van der Waals surface area (Å²) in [6.07, 6.45) is -4.40. The number of alkyl halides is 3. The van der Waals surface area contributed by atoms with Crippen LogP contribution >= 0.6 is 11.6 Å². The number of aromatic amines is 1. The average Bonchev–Trinajstić information content (AvgIpc) is 3.03. The van der Waals surface area contributed by atoms with E-state index in [9.17, 15) is 13.2 Å². The lowest BCUT2D eigenvalue weighted by atomic mass is 10.0. The van der Waals surface area contributed by atoms with Crippen molar-refractivity contribution in [3.05, 3.63) is 77.3 Å². The monoisotopic (exact) mass is 387 g/mol. The van der Waals surface area contributed by atoms with Crippen LogP contribution in [0.5, 0.6) is 0 Å². The third-order valence-electron chi connectivity index (χ3n) is 4.19. The van der Waals surface area contributed by atoms with Crippen LogP contribution in [0.4, 0.5) is 24.7 Å². The highest BCUT2D eigenvalue weighted by molar-refractivity contribution is 6.34. The normalized spacial score (nSPS) is 11.7. The maximum Gasteiger partial charge on any atom is 0.416 e. The van der Waals surface area contributed by atoms with E-state index in [0.29, 0.717) is 22.0 Å². The Kier molecular flexibility index (Phi) is 4.28. The number of anilines is 2. The molecule has 0 radical (unpaired) electrons. The molecule has 0 spiro atoms. The summed E-state index contributed by atoms with van der Waals surface area (Å²) >= 11 is 6.38. The van der Waals surface area contributed by atoms with Crippen LogP contribution in [0.1, 0.15) is 5.56 Å². The number of fused-ring (bicyclic) bond motifs is 1. The maximum atomic E-state index is 12.9. The molecule has 2 N–H and O–H groups in total. The van der Waals surface area contributed by atoms with Gasteiger partial charge in [-0.05, 0) is 35.9 Å². The van der Waals surface area contributed by atoms with Crippen LogP contribution < -0.4 is 5.32 Å². The molecule has 0 saturated carbocycles. The van der Waals surface area contributed by atoms with Crippen molar-refractivity contribution in [2.24, 2.45) is 0 Å². The van der Waals surface area contributed by atoms with E-state index in [2.05, 4.69) is 15.5 Å². The van der Waals surface area contributed by atoms with Crippen molar-refractivity contribution in [3.63, 3.8) is 0 Å². The van der Waals surface area contributed by atoms with E-state index >= 15 is 0 Å². The summed E-state index contributed by atoms with van der Waals surface area (Å²) in [5.41, 5.74) is 2.03. The predicted molar refractivity (Wildman–Crippen MR) is 101 cm³/mol. The van der Waals surface area contributed by atoms with Crippen LogP contribution in [0.25, 0.3) is 22.0 Å². The lowest BCUT2D eigenvalue weighted by Crippen LogP contribution is -2.05. The average molecular weight is 388 g/mol. The third kappa shape index (κ3) is 3.48. The molecule has 0 saturated heterocycles. The predicted octanol–water partition coefficient (Wildman–Crippen LogP) is 6.65. The highest BCUT2D eigenvalue weighted by atomic mass is 35.5. The molecule has 0 aliphatic carbocycles. The summed E-state index contributed by atoms with van der Waals surface area (Å²) in [5.74, 6) is 0.429. The Hall–Kier alpha value is -2.99. The van der Waals surface area contributed by atoms with E-state index in [4.69, 9.17) is 11.6 Å². The Morgan fingerprint density at radius 2 is 1.70 bits per heavy atom. The highest BCUT2D eigenvalue weighted by Crippen LogP contribution is 2.36. The quantitative estimate of drug-likeness (QED) is 0.413. The second kappa shape index (κ2) is 6.63. The summed E-state index contributed by atoms with van der Waals surface area (Å²) in [5, 5.41) is 11.3. The Morgan fingerprint density at radius 1 is 0.926 bits per heavy atom. The van der Waals surface area contributed by atoms with Crippen molar-refractivity contribution >= 4 is 34.0 Å². The fourth-order valence-electron chi connectivity index (χ4n) is 2.88. The lowest BCUT2D eigenvalue weighted by molar-refractivity contribution is -0.137. The molecule has 4 aromatic rings. The zero-order valence-electron chi connectivity index (χ0n) is 13.8. The van der Waals surface area contributed by atoms with E-state index < -0.39 is 11.7 Å². The van der Waals surface area contributed by atoms with Crippen LogP contribution in [-0.2, 0) is 6.18 Å². The number of nitrogens with one attached hydrogen (secondary N) is 2. The van der Waals surface area contributed by atoms with Gasteiger partial charge in [0.2, 0.25) is 0 Å². The number of nitrogens with zero attached hydrogens (tertiary/aromatic N) is 1. The number of hydrogen-bond acceptors (Lipinski definition) is 2. The van der Waals surface area contributed by atoms with Crippen molar-refractivity contribution in [1.29, 1.82) is 0 Å². The summed E-state index contributed by atoms with van der Waals surface area (Å²) in [6, 6.07) is 18.2. The largest absolute Gasteiger partial charge is 0.416 e. The van der Waals surface area contributed by atoms with Gasteiger partial charge in [0.15, 0.2) is 5.82 Å². The van der Waals surface area contributed by atoms with Crippen LogP contribution in [0.3, 0.4) is 0 Å². The molecular formula is C20H13ClF3N3. The number of H-pyrrole nitrogens is 1. The zero-order chi connectivity index (χ0) is 19.0. The molecule has 27 heavy (non-hydrogen) atoms. The summed E-state index contributed by atoms with van der Waals surface area (Å²) in [7, 11) is 0. The van der Waals surface area contributed by atoms with E-state index in [0.717, 1.165) is 28.6 Å². The van der Waals surface area contributed by atoms with Gasteiger partial charge in [-0.25, -0.2) is 0 Å². The molecule has 3 nitrogen and oxygen atoms in total. The first-order valence-electron chi connectivity index (χ1n) is 8.09. The first kappa shape index (κ1) is 17.4. The Morgan fingerprint density at radius 3 is 2.44 bits per heavy atom. The van der Waals surface area contributed by atoms with Gasteiger partial charge in [0.1, 0.15) is 0 Å². The first-order valence-corrected chi connectivity index (χ1v) is 8.47. The fraction of sp³-hybridized carbons (Fsp3) is 0.0500. The highest BCUT2D eigenvalue weighted by Gasteiger charge is 2.30. The number of halogens is 4. The standard InChI is InChI=1S/C20H13ClF3N3/c21-17-11-18-16(10-15(17)12-5-2-1-3-6-12)19(27-26-18)25-14-8-4-7-13(9-14)20(22,23)24/h1-11H,(H2,25,26,27). The summed E-state index contributed by atoms with van der Waals surface area (Å²) < 4.78 is 38.8. The molecule has 7 heteroatoms. The Bertz CT molecular complexity index is 1100. The van der Waals surface area contributed by atoms with E-state index in [1.165, 1.54) is 6.07 Å². The lowest BCUT2D eigenvalue weighted by Gasteiger charge is -2.10. The number of benzene rings is 3. The molecule has 1 heterocycles. The number of hydrogen-bond donors (Lipinski definition) is 2. The van der Waals surface area contributed by atoms with E-state index in [1.54, 1.807) is 12.1 Å². The molecule has 136 valence electrons. The van der Waals surface area contributed by atoms with Crippen LogP contribution in [0, 0.1) is 0 Å². The molecule has 0 aliphatic heterocycles. The summed E-state index contributed by atoms with van der Waals surface area (Å²) in [6.45, 7) is 0. The summed E-state index contributed by atoms with van der Waals surface area (Å²) in [4.78, 5) is 0. The molecule has 0 bridgehead atoms. The molecule has 0 aliphatic rings. The van der Waals surface area contributed by atoms with Crippen molar-refractivity contribution in [2.75, 3.05) is 5.32 Å². The van der Waals surface area contributed by atoms with Crippen molar-refractivity contribution < 1.29 is 13.2 Å². The van der Waals surface area contributed by atoms with Crippen molar-refractivity contribution in [3.8, 4) is 11.1 Å². The minimum Gasteiger partial charge on any atom is -0.338 e. The van der Waals surface area contributed by atoms with E-state index in [-0.39, 0.29) is 0 Å². The van der Waals surface area contributed by atoms with Crippen LogP contribution in [-0.4, -0.2) is 10.2 Å². The molecule has 0 fully saturated rings. The van der Waals surface area contributed by atoms with Gasteiger partial charge >= 0.3 is 6.18 Å². The second-order valence-corrected chi connectivity index (χ2v) is 6.43. The van der Waals surface area contributed by atoms with Gasteiger partial charge in [-0.2, -0.15) is 18.3 Å². The zero-order valence-corrected chi connectivity index (χ0v) is 14.6. The molecule has 4 rings (SSSR count). The smallest absolute Gasteiger partial charge is 0.338 e.